The van der Waals surface area contributed by atoms with Crippen LogP contribution in [0.25, 0.3) is 0 Å². The summed E-state index contributed by atoms with van der Waals surface area (Å²) in [4.78, 5) is 19.5. The number of methoxy groups -OCH3 is 1. The number of carboxylic acids is 1. The van der Waals surface area contributed by atoms with E-state index in [-0.39, 0.29) is 12.0 Å². The molecule has 0 amide bonds. The van der Waals surface area contributed by atoms with Crippen LogP contribution in [0.3, 0.4) is 0 Å². The van der Waals surface area contributed by atoms with Gasteiger partial charge in [0.05, 0.1) is 13.0 Å². The highest BCUT2D eigenvalue weighted by atomic mass is 16.5. The van der Waals surface area contributed by atoms with Gasteiger partial charge in [0.15, 0.2) is 0 Å². The van der Waals surface area contributed by atoms with Crippen molar-refractivity contribution in [2.75, 3.05) is 12.4 Å². The van der Waals surface area contributed by atoms with Gasteiger partial charge < -0.3 is 15.2 Å². The average molecular weight is 265 g/mol. The second kappa shape index (κ2) is 5.86. The second-order valence-electron chi connectivity index (χ2n) is 4.89. The van der Waals surface area contributed by atoms with E-state index in [2.05, 4.69) is 15.3 Å². The molecule has 0 saturated heterocycles. The molecule has 6 nitrogen and oxygen atoms in total. The summed E-state index contributed by atoms with van der Waals surface area (Å²) in [6.45, 7) is 1.80. The van der Waals surface area contributed by atoms with Gasteiger partial charge in [-0.2, -0.15) is 4.98 Å². The summed E-state index contributed by atoms with van der Waals surface area (Å²) in [5.41, 5.74) is 0. The molecule has 1 aromatic heterocycles. The molecule has 1 saturated carbocycles. The first-order chi connectivity index (χ1) is 9.08. The monoisotopic (exact) mass is 265 g/mol. The van der Waals surface area contributed by atoms with Crippen LogP contribution in [-0.4, -0.2) is 34.2 Å². The molecule has 0 aliphatic heterocycles. The topological polar surface area (TPSA) is 84.3 Å². The van der Waals surface area contributed by atoms with Crippen molar-refractivity contribution in [3.05, 3.63) is 11.9 Å². The van der Waals surface area contributed by atoms with Gasteiger partial charge in [0.2, 0.25) is 5.88 Å². The van der Waals surface area contributed by atoms with Crippen LogP contribution in [0, 0.1) is 12.8 Å². The number of aliphatic carboxylic acids is 1. The van der Waals surface area contributed by atoms with Crippen molar-refractivity contribution in [3.63, 3.8) is 0 Å². The molecule has 0 spiro atoms. The number of aryl methyl sites for hydroxylation is 1. The molecule has 1 aliphatic rings. The molecule has 0 aromatic carbocycles. The molecule has 1 heterocycles. The third-order valence-electron chi connectivity index (χ3n) is 3.40. The molecule has 1 aromatic rings. The van der Waals surface area contributed by atoms with Gasteiger partial charge in [-0.3, -0.25) is 4.79 Å². The molecule has 2 N–H and O–H groups in total. The second-order valence-corrected chi connectivity index (χ2v) is 4.89. The summed E-state index contributed by atoms with van der Waals surface area (Å²) in [5, 5.41) is 12.4. The number of nitrogens with zero attached hydrogens (tertiary/aromatic N) is 2. The first-order valence-corrected chi connectivity index (χ1v) is 6.47. The van der Waals surface area contributed by atoms with E-state index in [1.807, 2.05) is 0 Å². The van der Waals surface area contributed by atoms with E-state index in [1.165, 1.54) is 0 Å². The summed E-state index contributed by atoms with van der Waals surface area (Å²) in [6.07, 6.45) is 3.30. The van der Waals surface area contributed by atoms with Crippen LogP contribution in [0.1, 0.15) is 31.5 Å². The van der Waals surface area contributed by atoms with E-state index in [0.29, 0.717) is 23.9 Å². The van der Waals surface area contributed by atoms with Gasteiger partial charge in [-0.05, 0) is 26.2 Å². The van der Waals surface area contributed by atoms with Gasteiger partial charge in [0.25, 0.3) is 0 Å². The van der Waals surface area contributed by atoms with E-state index in [9.17, 15) is 4.79 Å². The number of carbonyl (C=O) groups is 1. The van der Waals surface area contributed by atoms with E-state index in [0.717, 1.165) is 19.3 Å². The van der Waals surface area contributed by atoms with Gasteiger partial charge in [-0.25, -0.2) is 4.98 Å². The summed E-state index contributed by atoms with van der Waals surface area (Å²) in [6, 6.07) is 1.88. The molecular weight excluding hydrogens is 246 g/mol. The standard InChI is InChI=1S/C13H19N3O3/c1-8-14-11(7-12(15-8)19-2)16-10-5-3-4-9(6-10)13(17)18/h7,9-10H,3-6H2,1-2H3,(H,17,18)(H,14,15,16). The number of carboxylic acid groups (broad SMARTS) is 1. The maximum Gasteiger partial charge on any atom is 0.306 e. The Hall–Kier alpha value is -1.85. The fourth-order valence-corrected chi connectivity index (χ4v) is 2.47. The lowest BCUT2D eigenvalue weighted by molar-refractivity contribution is -0.142. The highest BCUT2D eigenvalue weighted by Gasteiger charge is 2.27. The van der Waals surface area contributed by atoms with Crippen molar-refractivity contribution in [1.82, 2.24) is 9.97 Å². The minimum Gasteiger partial charge on any atom is -0.481 e. The predicted octanol–water partition coefficient (Wildman–Crippen LogP) is 1.85. The van der Waals surface area contributed by atoms with E-state index >= 15 is 0 Å². The average Bonchev–Trinajstić information content (AvgIpc) is 2.38. The third kappa shape index (κ3) is 3.56. The zero-order valence-corrected chi connectivity index (χ0v) is 11.2. The van der Waals surface area contributed by atoms with Crippen LogP contribution >= 0.6 is 0 Å². The van der Waals surface area contributed by atoms with Crippen molar-refractivity contribution >= 4 is 11.8 Å². The smallest absolute Gasteiger partial charge is 0.306 e. The molecule has 1 aliphatic carbocycles. The van der Waals surface area contributed by atoms with Gasteiger partial charge in [0.1, 0.15) is 11.6 Å². The van der Waals surface area contributed by atoms with Gasteiger partial charge in [0, 0.05) is 12.1 Å². The quantitative estimate of drug-likeness (QED) is 0.864. The largest absolute Gasteiger partial charge is 0.481 e. The van der Waals surface area contributed by atoms with Gasteiger partial charge in [-0.1, -0.05) is 6.42 Å². The first-order valence-electron chi connectivity index (χ1n) is 6.47. The fourth-order valence-electron chi connectivity index (χ4n) is 2.47. The molecule has 0 radical (unpaired) electrons. The number of hydrogen-bond acceptors (Lipinski definition) is 5. The number of ether oxygens (including phenoxy) is 1. The summed E-state index contributed by atoms with van der Waals surface area (Å²) in [7, 11) is 1.56. The van der Waals surface area contributed by atoms with E-state index in [1.54, 1.807) is 20.1 Å². The summed E-state index contributed by atoms with van der Waals surface area (Å²) < 4.78 is 5.10. The SMILES string of the molecule is COc1cc(NC2CCCC(C(=O)O)C2)nc(C)n1. The Kier molecular flexibility index (Phi) is 4.19. The van der Waals surface area contributed by atoms with Crippen molar-refractivity contribution in [3.8, 4) is 5.88 Å². The number of anilines is 1. The lowest BCUT2D eigenvalue weighted by Gasteiger charge is -2.27. The van der Waals surface area contributed by atoms with Crippen LogP contribution in [0.4, 0.5) is 5.82 Å². The zero-order valence-electron chi connectivity index (χ0n) is 11.2. The predicted molar refractivity (Wildman–Crippen MR) is 70.3 cm³/mol. The molecule has 2 rings (SSSR count). The number of rotatable bonds is 4. The minimum absolute atomic E-state index is 0.147. The zero-order chi connectivity index (χ0) is 13.8. The highest BCUT2D eigenvalue weighted by molar-refractivity contribution is 5.70. The molecule has 2 atom stereocenters. The van der Waals surface area contributed by atoms with Crippen molar-refractivity contribution in [1.29, 1.82) is 0 Å². The number of aromatic nitrogens is 2. The first kappa shape index (κ1) is 13.6. The van der Waals surface area contributed by atoms with Crippen LogP contribution < -0.4 is 10.1 Å². The maximum atomic E-state index is 11.0. The third-order valence-corrected chi connectivity index (χ3v) is 3.40. The highest BCUT2D eigenvalue weighted by Crippen LogP contribution is 2.27. The molecule has 104 valence electrons. The molecule has 2 unspecified atom stereocenters. The van der Waals surface area contributed by atoms with Crippen LogP contribution in [0.5, 0.6) is 5.88 Å². The Balaban J connectivity index is 2.04. The maximum absolute atomic E-state index is 11.0. The molecule has 19 heavy (non-hydrogen) atoms. The van der Waals surface area contributed by atoms with Crippen molar-refractivity contribution in [2.24, 2.45) is 5.92 Å². The number of hydrogen-bond donors (Lipinski definition) is 2. The van der Waals surface area contributed by atoms with Crippen LogP contribution in [0.15, 0.2) is 6.07 Å². The minimum atomic E-state index is -0.706. The van der Waals surface area contributed by atoms with E-state index < -0.39 is 5.97 Å². The molecule has 1 fully saturated rings. The van der Waals surface area contributed by atoms with E-state index in [4.69, 9.17) is 9.84 Å². The summed E-state index contributed by atoms with van der Waals surface area (Å²) in [5.74, 6) is 0.882. The Morgan fingerprint density at radius 2 is 2.26 bits per heavy atom. The Bertz CT molecular complexity index is 464. The molecule has 0 bridgehead atoms. The molecular formula is C13H19N3O3. The molecule has 6 heteroatoms. The van der Waals surface area contributed by atoms with Crippen molar-refractivity contribution in [2.45, 2.75) is 38.6 Å². The fraction of sp³-hybridized carbons (Fsp3) is 0.615. The lowest BCUT2D eigenvalue weighted by atomic mass is 9.86. The Morgan fingerprint density at radius 3 is 2.95 bits per heavy atom. The van der Waals surface area contributed by atoms with Gasteiger partial charge in [-0.15, -0.1) is 0 Å². The normalized spacial score (nSPS) is 22.8. The lowest BCUT2D eigenvalue weighted by Crippen LogP contribution is -2.31. The van der Waals surface area contributed by atoms with Crippen LogP contribution in [-0.2, 0) is 4.79 Å². The Labute approximate surface area is 112 Å². The Morgan fingerprint density at radius 1 is 1.47 bits per heavy atom. The van der Waals surface area contributed by atoms with Crippen LogP contribution in [0.2, 0.25) is 0 Å². The van der Waals surface area contributed by atoms with Crippen molar-refractivity contribution < 1.29 is 14.6 Å². The number of nitrogens with one attached hydrogen (secondary N) is 1. The summed E-state index contributed by atoms with van der Waals surface area (Å²) >= 11 is 0. The van der Waals surface area contributed by atoms with Gasteiger partial charge >= 0.3 is 5.97 Å².